The first kappa shape index (κ1) is 10.3. The van der Waals surface area contributed by atoms with Crippen LogP contribution in [-0.2, 0) is 4.79 Å². The predicted molar refractivity (Wildman–Crippen MR) is 48.6 cm³/mol. The molecule has 5 N–H and O–H groups in total. The fraction of sp³-hybridized carbons (Fsp3) is 0.833. The molecule has 0 aliphatic rings. The van der Waals surface area contributed by atoms with E-state index in [-0.39, 0.29) is 9.83 Å². The quantitative estimate of drug-likeness (QED) is 0.403. The summed E-state index contributed by atoms with van der Waals surface area (Å²) in [6.07, 6.45) is 2.88. The largest absolute Gasteiger partial charge is 0.348 e. The fourth-order valence-electron chi connectivity index (χ4n) is 0.649. The van der Waals surface area contributed by atoms with E-state index in [4.69, 9.17) is 5.73 Å². The monoisotopic (exact) mass is 257 g/mol. The number of rotatable bonds is 5. The van der Waals surface area contributed by atoms with Crippen LogP contribution in [0, 0.1) is 0 Å². The van der Waals surface area contributed by atoms with E-state index in [9.17, 15) is 4.79 Å². The van der Waals surface area contributed by atoms with Gasteiger partial charge in [-0.2, -0.15) is 0 Å². The molecular formula is C6H14IN2O+. The van der Waals surface area contributed by atoms with Gasteiger partial charge in [0.15, 0.2) is 6.04 Å². The molecule has 0 aliphatic heterocycles. The summed E-state index contributed by atoms with van der Waals surface area (Å²) in [5.74, 6) is 0. The third-order valence-corrected chi connectivity index (χ3v) is 2.21. The Kier molecular flexibility index (Phi) is 6.25. The summed E-state index contributed by atoms with van der Waals surface area (Å²) in [6, 6.07) is -0.0350. The second kappa shape index (κ2) is 6.06. The highest BCUT2D eigenvalue weighted by molar-refractivity contribution is 14.1. The van der Waals surface area contributed by atoms with E-state index in [0.29, 0.717) is 6.54 Å². The minimum absolute atomic E-state index is 0.0350. The summed E-state index contributed by atoms with van der Waals surface area (Å²) in [6.45, 7) is 0.710. The van der Waals surface area contributed by atoms with E-state index in [1.807, 2.05) is 0 Å². The normalized spacial score (nSPS) is 13.1. The van der Waals surface area contributed by atoms with Gasteiger partial charge in [0.05, 0.1) is 0 Å². The van der Waals surface area contributed by atoms with Crippen LogP contribution in [0.4, 0.5) is 0 Å². The maximum Gasteiger partial charge on any atom is 0.248 e. The molecule has 0 aromatic rings. The average Bonchev–Trinajstić information content (AvgIpc) is 1.88. The van der Waals surface area contributed by atoms with Crippen molar-refractivity contribution in [1.82, 2.24) is 0 Å². The summed E-state index contributed by atoms with van der Waals surface area (Å²) < 4.78 is 0.148. The number of hydrogen-bond acceptors (Lipinski definition) is 2. The molecule has 0 aliphatic carbocycles. The van der Waals surface area contributed by atoms with Gasteiger partial charge in [-0.05, 0) is 19.4 Å². The first-order valence-corrected chi connectivity index (χ1v) is 4.49. The highest BCUT2D eigenvalue weighted by Crippen LogP contribution is 2.00. The minimum atomic E-state index is -0.0350. The third-order valence-electron chi connectivity index (χ3n) is 1.33. The third kappa shape index (κ3) is 5.13. The molecular weight excluding hydrogens is 243 g/mol. The minimum Gasteiger partial charge on any atom is -0.348 e. The SMILES string of the molecule is NCCCCC([NH3+])C(=O)I. The molecule has 0 spiro atoms. The van der Waals surface area contributed by atoms with Crippen molar-refractivity contribution in [2.45, 2.75) is 25.3 Å². The van der Waals surface area contributed by atoms with Crippen LogP contribution < -0.4 is 11.5 Å². The lowest BCUT2D eigenvalue weighted by Crippen LogP contribution is -2.63. The van der Waals surface area contributed by atoms with Gasteiger partial charge in [0.2, 0.25) is 3.79 Å². The van der Waals surface area contributed by atoms with Crippen molar-refractivity contribution in [2.24, 2.45) is 5.73 Å². The summed E-state index contributed by atoms with van der Waals surface area (Å²) in [7, 11) is 0. The zero-order valence-corrected chi connectivity index (χ0v) is 8.13. The molecule has 0 aromatic carbocycles. The van der Waals surface area contributed by atoms with Gasteiger partial charge >= 0.3 is 0 Å². The molecule has 0 rings (SSSR count). The molecule has 0 aromatic heterocycles. The lowest BCUT2D eigenvalue weighted by molar-refractivity contribution is -0.401. The Balaban J connectivity index is 3.21. The van der Waals surface area contributed by atoms with Crippen LogP contribution in [0.3, 0.4) is 0 Å². The van der Waals surface area contributed by atoms with Gasteiger partial charge < -0.3 is 11.5 Å². The average molecular weight is 257 g/mol. The van der Waals surface area contributed by atoms with E-state index in [1.165, 1.54) is 0 Å². The van der Waals surface area contributed by atoms with Crippen LogP contribution in [0.15, 0.2) is 0 Å². The van der Waals surface area contributed by atoms with Crippen molar-refractivity contribution in [3.05, 3.63) is 0 Å². The zero-order valence-electron chi connectivity index (χ0n) is 5.98. The first-order valence-electron chi connectivity index (χ1n) is 3.41. The second-order valence-corrected chi connectivity index (χ2v) is 3.35. The van der Waals surface area contributed by atoms with Crippen molar-refractivity contribution in [3.63, 3.8) is 0 Å². The number of halogens is 1. The van der Waals surface area contributed by atoms with Crippen molar-refractivity contribution >= 4 is 26.4 Å². The molecule has 0 saturated carbocycles. The van der Waals surface area contributed by atoms with E-state index in [0.717, 1.165) is 19.3 Å². The molecule has 0 fully saturated rings. The van der Waals surface area contributed by atoms with Gasteiger partial charge in [-0.15, -0.1) is 0 Å². The van der Waals surface area contributed by atoms with Gasteiger partial charge in [-0.1, -0.05) is 0 Å². The van der Waals surface area contributed by atoms with Crippen molar-refractivity contribution in [1.29, 1.82) is 0 Å². The second-order valence-electron chi connectivity index (χ2n) is 2.29. The van der Waals surface area contributed by atoms with Crippen LogP contribution in [0.5, 0.6) is 0 Å². The van der Waals surface area contributed by atoms with Crippen molar-refractivity contribution in [3.8, 4) is 0 Å². The number of carbonyl (C=O) groups excluding carboxylic acids is 1. The fourth-order valence-corrected chi connectivity index (χ4v) is 0.960. The number of quaternary nitrogens is 1. The van der Waals surface area contributed by atoms with Gasteiger partial charge in [-0.25, -0.2) is 0 Å². The standard InChI is InChI=1S/C6H13IN2O/c7-6(10)5(9)3-1-2-4-8/h5H,1-4,8-9H2/p+1. The van der Waals surface area contributed by atoms with Crippen LogP contribution in [0.25, 0.3) is 0 Å². The van der Waals surface area contributed by atoms with E-state index >= 15 is 0 Å². The Morgan fingerprint density at radius 1 is 1.60 bits per heavy atom. The molecule has 0 heterocycles. The smallest absolute Gasteiger partial charge is 0.248 e. The summed E-state index contributed by atoms with van der Waals surface area (Å²) >= 11 is 1.79. The molecule has 0 radical (unpaired) electrons. The maximum atomic E-state index is 10.6. The first-order chi connectivity index (χ1) is 4.68. The van der Waals surface area contributed by atoms with Crippen LogP contribution in [-0.4, -0.2) is 16.4 Å². The van der Waals surface area contributed by atoms with Crippen LogP contribution >= 0.6 is 22.6 Å². The number of nitrogens with two attached hydrogens (primary N) is 1. The molecule has 3 nitrogen and oxygen atoms in total. The molecule has 1 unspecified atom stereocenters. The van der Waals surface area contributed by atoms with Crippen LogP contribution in [0.1, 0.15) is 19.3 Å². The summed E-state index contributed by atoms with van der Waals surface area (Å²) in [4.78, 5) is 10.6. The molecule has 0 saturated heterocycles. The van der Waals surface area contributed by atoms with E-state index in [1.54, 1.807) is 22.6 Å². The Labute approximate surface area is 74.7 Å². The Morgan fingerprint density at radius 2 is 2.20 bits per heavy atom. The van der Waals surface area contributed by atoms with Crippen molar-refractivity contribution < 1.29 is 10.5 Å². The highest BCUT2D eigenvalue weighted by Gasteiger charge is 2.11. The molecule has 0 amide bonds. The molecule has 10 heavy (non-hydrogen) atoms. The molecule has 4 heteroatoms. The summed E-state index contributed by atoms with van der Waals surface area (Å²) in [5.41, 5.74) is 9.00. The molecule has 60 valence electrons. The van der Waals surface area contributed by atoms with E-state index < -0.39 is 0 Å². The number of unbranched alkanes of at least 4 members (excludes halogenated alkanes) is 1. The topological polar surface area (TPSA) is 70.7 Å². The van der Waals surface area contributed by atoms with Gasteiger partial charge in [-0.3, -0.25) is 4.79 Å². The maximum absolute atomic E-state index is 10.6. The van der Waals surface area contributed by atoms with Gasteiger partial charge in [0.25, 0.3) is 0 Å². The Bertz CT molecular complexity index is 108. The lowest BCUT2D eigenvalue weighted by Gasteiger charge is -2.00. The lowest BCUT2D eigenvalue weighted by atomic mass is 10.1. The molecule has 0 bridgehead atoms. The van der Waals surface area contributed by atoms with Gasteiger partial charge in [0.1, 0.15) is 0 Å². The summed E-state index contributed by atoms with van der Waals surface area (Å²) in [5, 5.41) is 0. The van der Waals surface area contributed by atoms with Gasteiger partial charge in [0, 0.05) is 29.0 Å². The number of carbonyl (C=O) groups is 1. The van der Waals surface area contributed by atoms with Crippen LogP contribution in [0.2, 0.25) is 0 Å². The van der Waals surface area contributed by atoms with E-state index in [2.05, 4.69) is 5.73 Å². The Morgan fingerprint density at radius 3 is 2.60 bits per heavy atom. The van der Waals surface area contributed by atoms with Crippen molar-refractivity contribution in [2.75, 3.05) is 6.54 Å². The Hall–Kier alpha value is 0.320. The highest BCUT2D eigenvalue weighted by atomic mass is 127. The molecule has 1 atom stereocenters. The predicted octanol–water partition coefficient (Wildman–Crippen LogP) is -0.312. The number of hydrogen-bond donors (Lipinski definition) is 2. The zero-order chi connectivity index (χ0) is 7.98.